The van der Waals surface area contributed by atoms with Gasteiger partial charge in [-0.1, -0.05) is 23.9 Å². The van der Waals surface area contributed by atoms with Gasteiger partial charge >= 0.3 is 0 Å². The van der Waals surface area contributed by atoms with Crippen molar-refractivity contribution in [2.45, 2.75) is 11.7 Å². The maximum Gasteiger partial charge on any atom is 0.251 e. The van der Waals surface area contributed by atoms with Crippen molar-refractivity contribution in [3.8, 4) is 17.2 Å². The molecule has 32 heavy (non-hydrogen) atoms. The second-order valence-corrected chi connectivity index (χ2v) is 7.69. The van der Waals surface area contributed by atoms with Gasteiger partial charge in [-0.05, 0) is 30.3 Å². The molecule has 0 aliphatic carbocycles. The van der Waals surface area contributed by atoms with Gasteiger partial charge < -0.3 is 29.4 Å². The molecule has 1 aliphatic heterocycles. The number of hydrogen-bond acceptors (Lipinski definition) is 8. The summed E-state index contributed by atoms with van der Waals surface area (Å²) in [6.07, 6.45) is 0. The largest absolute Gasteiger partial charge is 0.495 e. The number of carbonyl (C=O) groups excluding carboxylic acids is 2. The smallest absolute Gasteiger partial charge is 0.251 e. The summed E-state index contributed by atoms with van der Waals surface area (Å²) in [4.78, 5) is 24.7. The Balaban J connectivity index is 1.30. The summed E-state index contributed by atoms with van der Waals surface area (Å²) in [5.74, 6) is 1.99. The molecular weight excluding hydrogens is 434 g/mol. The molecule has 2 amide bonds. The van der Waals surface area contributed by atoms with E-state index in [1.54, 1.807) is 49.1 Å². The minimum atomic E-state index is -0.267. The highest BCUT2D eigenvalue weighted by Gasteiger charge is 2.17. The zero-order valence-electron chi connectivity index (χ0n) is 17.5. The predicted octanol–water partition coefficient (Wildman–Crippen LogP) is 2.21. The van der Waals surface area contributed by atoms with Gasteiger partial charge in [-0.15, -0.1) is 10.2 Å². The molecule has 0 unspecified atom stereocenters. The van der Waals surface area contributed by atoms with Crippen molar-refractivity contribution in [1.82, 2.24) is 20.1 Å². The second-order valence-electron chi connectivity index (χ2n) is 6.75. The zero-order chi connectivity index (χ0) is 22.5. The van der Waals surface area contributed by atoms with Crippen LogP contribution >= 0.6 is 11.8 Å². The van der Waals surface area contributed by atoms with Crippen molar-refractivity contribution >= 4 is 29.3 Å². The third kappa shape index (κ3) is 4.78. The van der Waals surface area contributed by atoms with Crippen LogP contribution in [0.4, 0.5) is 5.69 Å². The van der Waals surface area contributed by atoms with Gasteiger partial charge in [-0.25, -0.2) is 0 Å². The summed E-state index contributed by atoms with van der Waals surface area (Å²) >= 11 is 1.25. The number of nitrogens with zero attached hydrogens (tertiary/aromatic N) is 3. The number of amides is 2. The fourth-order valence-electron chi connectivity index (χ4n) is 2.99. The molecule has 0 radical (unpaired) electrons. The lowest BCUT2D eigenvalue weighted by Gasteiger charge is -2.09. The number of para-hydroxylation sites is 2. The number of hydrogen-bond donors (Lipinski definition) is 2. The summed E-state index contributed by atoms with van der Waals surface area (Å²) in [6, 6.07) is 12.2. The molecule has 11 heteroatoms. The van der Waals surface area contributed by atoms with E-state index in [9.17, 15) is 9.59 Å². The van der Waals surface area contributed by atoms with Gasteiger partial charge in [0.2, 0.25) is 12.7 Å². The molecule has 166 valence electrons. The molecule has 1 aliphatic rings. The van der Waals surface area contributed by atoms with Gasteiger partial charge in [0, 0.05) is 12.6 Å². The summed E-state index contributed by atoms with van der Waals surface area (Å²) in [7, 11) is 3.33. The Labute approximate surface area is 188 Å². The van der Waals surface area contributed by atoms with Gasteiger partial charge in [-0.2, -0.15) is 0 Å². The second kappa shape index (κ2) is 9.60. The maximum absolute atomic E-state index is 12.4. The van der Waals surface area contributed by atoms with Crippen LogP contribution < -0.4 is 24.8 Å². The quantitative estimate of drug-likeness (QED) is 0.497. The van der Waals surface area contributed by atoms with Gasteiger partial charge in [0.25, 0.3) is 5.91 Å². The summed E-state index contributed by atoms with van der Waals surface area (Å²) in [5.41, 5.74) is 1.06. The first-order valence-electron chi connectivity index (χ1n) is 9.67. The van der Waals surface area contributed by atoms with Crippen LogP contribution in [0, 0.1) is 0 Å². The number of aromatic nitrogens is 3. The minimum absolute atomic E-state index is 0.146. The highest BCUT2D eigenvalue weighted by atomic mass is 32.2. The number of methoxy groups -OCH3 is 1. The topological polar surface area (TPSA) is 117 Å². The Morgan fingerprint density at radius 3 is 2.81 bits per heavy atom. The van der Waals surface area contributed by atoms with Crippen molar-refractivity contribution in [3.63, 3.8) is 0 Å². The first-order valence-corrected chi connectivity index (χ1v) is 10.7. The summed E-state index contributed by atoms with van der Waals surface area (Å²) in [6.45, 7) is 0.335. The van der Waals surface area contributed by atoms with Crippen molar-refractivity contribution in [2.75, 3.05) is 25.0 Å². The van der Waals surface area contributed by atoms with E-state index in [-0.39, 0.29) is 30.9 Å². The minimum Gasteiger partial charge on any atom is -0.495 e. The van der Waals surface area contributed by atoms with Gasteiger partial charge in [0.1, 0.15) is 5.75 Å². The molecule has 3 aromatic rings. The number of anilines is 1. The van der Waals surface area contributed by atoms with E-state index in [0.717, 1.165) is 0 Å². The van der Waals surface area contributed by atoms with Gasteiger partial charge in [0.05, 0.1) is 25.1 Å². The fourth-order valence-corrected chi connectivity index (χ4v) is 3.72. The van der Waals surface area contributed by atoms with Crippen LogP contribution in [0.5, 0.6) is 17.2 Å². The molecule has 4 rings (SSSR count). The van der Waals surface area contributed by atoms with Crippen molar-refractivity contribution in [1.29, 1.82) is 0 Å². The number of benzene rings is 2. The standard InChI is InChI=1S/C21H21N5O5S/c1-26-18(10-22-20(28)13-7-8-16-17(9-13)31-12-30-16)24-25-21(26)32-11-19(27)23-14-5-3-4-6-15(14)29-2/h3-9H,10-12H2,1-2H3,(H,22,28)(H,23,27). The Bertz CT molecular complexity index is 1150. The Morgan fingerprint density at radius 2 is 1.97 bits per heavy atom. The molecule has 0 atom stereocenters. The SMILES string of the molecule is COc1ccccc1NC(=O)CSc1nnc(CNC(=O)c2ccc3c(c2)OCO3)n1C. The molecular formula is C21H21N5O5S. The number of rotatable bonds is 8. The van der Waals surface area contributed by atoms with E-state index in [4.69, 9.17) is 14.2 Å². The normalized spacial score (nSPS) is 11.8. The Morgan fingerprint density at radius 1 is 1.16 bits per heavy atom. The van der Waals surface area contributed by atoms with Crippen LogP contribution in [-0.2, 0) is 18.4 Å². The molecule has 2 heterocycles. The first-order chi connectivity index (χ1) is 15.5. The molecule has 10 nitrogen and oxygen atoms in total. The molecule has 0 spiro atoms. The zero-order valence-corrected chi connectivity index (χ0v) is 18.3. The molecule has 2 N–H and O–H groups in total. The van der Waals surface area contributed by atoms with Gasteiger partial charge in [0.15, 0.2) is 22.5 Å². The van der Waals surface area contributed by atoms with Crippen LogP contribution in [-0.4, -0.2) is 46.2 Å². The fraction of sp³-hybridized carbons (Fsp3) is 0.238. The van der Waals surface area contributed by atoms with Crippen molar-refractivity contribution < 1.29 is 23.8 Å². The molecule has 0 fully saturated rings. The third-order valence-electron chi connectivity index (χ3n) is 4.68. The molecule has 1 aromatic heterocycles. The van der Waals surface area contributed by atoms with Crippen LogP contribution in [0.25, 0.3) is 0 Å². The summed E-state index contributed by atoms with van der Waals surface area (Å²) < 4.78 is 17.5. The third-order valence-corrected chi connectivity index (χ3v) is 5.70. The van der Waals surface area contributed by atoms with E-state index in [2.05, 4.69) is 20.8 Å². The van der Waals surface area contributed by atoms with E-state index in [0.29, 0.717) is 39.5 Å². The van der Waals surface area contributed by atoms with E-state index < -0.39 is 0 Å². The van der Waals surface area contributed by atoms with Crippen LogP contribution in [0.2, 0.25) is 0 Å². The lowest BCUT2D eigenvalue weighted by Crippen LogP contribution is -2.24. The first kappa shape index (κ1) is 21.5. The Hall–Kier alpha value is -3.73. The monoisotopic (exact) mass is 455 g/mol. The summed E-state index contributed by atoms with van der Waals surface area (Å²) in [5, 5.41) is 14.4. The number of carbonyl (C=O) groups is 2. The predicted molar refractivity (Wildman–Crippen MR) is 117 cm³/mol. The molecule has 0 bridgehead atoms. The number of fused-ring (bicyclic) bond motifs is 1. The number of thioether (sulfide) groups is 1. The van der Waals surface area contributed by atoms with E-state index in [1.807, 2.05) is 12.1 Å². The lowest BCUT2D eigenvalue weighted by atomic mass is 10.2. The van der Waals surface area contributed by atoms with E-state index >= 15 is 0 Å². The Kier molecular flexibility index (Phi) is 6.45. The molecule has 0 saturated heterocycles. The van der Waals surface area contributed by atoms with Crippen LogP contribution in [0.1, 0.15) is 16.2 Å². The highest BCUT2D eigenvalue weighted by molar-refractivity contribution is 7.99. The van der Waals surface area contributed by atoms with Crippen molar-refractivity contribution in [2.24, 2.45) is 7.05 Å². The average Bonchev–Trinajstić information content (AvgIpc) is 3.42. The van der Waals surface area contributed by atoms with Crippen LogP contribution in [0.3, 0.4) is 0 Å². The number of ether oxygens (including phenoxy) is 3. The van der Waals surface area contributed by atoms with Crippen molar-refractivity contribution in [3.05, 3.63) is 53.9 Å². The maximum atomic E-state index is 12.4. The highest BCUT2D eigenvalue weighted by Crippen LogP contribution is 2.32. The lowest BCUT2D eigenvalue weighted by molar-refractivity contribution is -0.113. The average molecular weight is 455 g/mol. The molecule has 0 saturated carbocycles. The number of nitrogens with one attached hydrogen (secondary N) is 2. The van der Waals surface area contributed by atoms with Gasteiger partial charge in [-0.3, -0.25) is 9.59 Å². The molecule has 2 aromatic carbocycles. The van der Waals surface area contributed by atoms with E-state index in [1.165, 1.54) is 11.8 Å². The van der Waals surface area contributed by atoms with Crippen LogP contribution in [0.15, 0.2) is 47.6 Å².